The molecule has 0 spiro atoms. The molecule has 3 aliphatic heterocycles. The third-order valence-corrected chi connectivity index (χ3v) is 8.18. The van der Waals surface area contributed by atoms with E-state index in [0.29, 0.717) is 23.0 Å². The summed E-state index contributed by atoms with van der Waals surface area (Å²) >= 11 is 2.90. The minimum atomic E-state index is -1.19. The molecule has 3 aromatic rings. The largest absolute Gasteiger partial charge is 0.548 e. The third kappa shape index (κ3) is 5.03. The van der Waals surface area contributed by atoms with Crippen LogP contribution in [0.2, 0.25) is 0 Å². The summed E-state index contributed by atoms with van der Waals surface area (Å²) in [5.41, 5.74) is 1.49. The van der Waals surface area contributed by atoms with Gasteiger partial charge in [0.1, 0.15) is 4.70 Å². The second kappa shape index (κ2) is 10.4. The Morgan fingerprint density at radius 1 is 0.949 bits per heavy atom. The number of hydrogen-bond acceptors (Lipinski definition) is 10. The molecule has 198 valence electrons. The van der Waals surface area contributed by atoms with Gasteiger partial charge in [0, 0.05) is 29.2 Å². The predicted octanol–water partition coefficient (Wildman–Crippen LogP) is 3.06. The lowest BCUT2D eigenvalue weighted by atomic mass is 10.2. The number of carbonyl (C=O) groups excluding carboxylic acids is 1. The standard InChI is InChI=1S/C27H20N2O8S2/c30-26(31)12-28-16-8-18-20(36-14-34-18)10-22(16)38-24(28)6-4-2-1-3-5-7-25-29(13-27(32)33)17-9-19-21(37-15-35-19)11-23(17)39-25/h1-11H,12-15H2,(H-,30,31,32,33). The van der Waals surface area contributed by atoms with E-state index in [1.807, 2.05) is 54.7 Å². The van der Waals surface area contributed by atoms with Gasteiger partial charge in [0.2, 0.25) is 25.6 Å². The van der Waals surface area contributed by atoms with Gasteiger partial charge in [0.15, 0.2) is 23.0 Å². The highest BCUT2D eigenvalue weighted by molar-refractivity contribution is 8.03. The lowest BCUT2D eigenvalue weighted by Gasteiger charge is -2.20. The lowest BCUT2D eigenvalue weighted by Crippen LogP contribution is -2.39. The number of carboxylic acid groups (broad SMARTS) is 2. The molecule has 2 aromatic carbocycles. The summed E-state index contributed by atoms with van der Waals surface area (Å²) in [6, 6.07) is 7.29. The molecule has 3 aliphatic rings. The molecule has 1 aromatic heterocycles. The molecule has 0 saturated heterocycles. The Hall–Kier alpha value is -4.42. The fourth-order valence-corrected chi connectivity index (χ4v) is 6.46. The van der Waals surface area contributed by atoms with Crippen LogP contribution in [-0.4, -0.2) is 37.2 Å². The van der Waals surface area contributed by atoms with Gasteiger partial charge in [-0.25, -0.2) is 4.79 Å². The summed E-state index contributed by atoms with van der Waals surface area (Å²) in [4.78, 5) is 25.4. The van der Waals surface area contributed by atoms with Crippen molar-refractivity contribution in [1.82, 2.24) is 0 Å². The van der Waals surface area contributed by atoms with Gasteiger partial charge in [-0.1, -0.05) is 53.5 Å². The van der Waals surface area contributed by atoms with Crippen LogP contribution >= 0.6 is 23.1 Å². The molecule has 10 nitrogen and oxygen atoms in total. The van der Waals surface area contributed by atoms with Crippen LogP contribution < -0.4 is 33.5 Å². The maximum absolute atomic E-state index is 11.5. The van der Waals surface area contributed by atoms with Gasteiger partial charge < -0.3 is 38.9 Å². The molecular weight excluding hydrogens is 544 g/mol. The molecule has 4 heterocycles. The number of carboxylic acids is 2. The monoisotopic (exact) mass is 564 g/mol. The van der Waals surface area contributed by atoms with Crippen LogP contribution in [0.25, 0.3) is 16.3 Å². The summed E-state index contributed by atoms with van der Waals surface area (Å²) in [6.07, 6.45) is 12.8. The van der Waals surface area contributed by atoms with Crippen LogP contribution in [0.3, 0.4) is 0 Å². The first-order valence-electron chi connectivity index (χ1n) is 11.7. The van der Waals surface area contributed by atoms with Crippen molar-refractivity contribution < 1.29 is 43.3 Å². The lowest BCUT2D eigenvalue weighted by molar-refractivity contribution is -0.657. The van der Waals surface area contributed by atoms with E-state index in [0.717, 1.165) is 30.8 Å². The second-order valence-corrected chi connectivity index (χ2v) is 10.6. The van der Waals surface area contributed by atoms with Crippen molar-refractivity contribution in [1.29, 1.82) is 0 Å². The Morgan fingerprint density at radius 2 is 1.62 bits per heavy atom. The van der Waals surface area contributed by atoms with Gasteiger partial charge in [-0.2, -0.15) is 4.57 Å². The molecule has 6 rings (SSSR count). The van der Waals surface area contributed by atoms with E-state index in [9.17, 15) is 19.8 Å². The molecule has 0 bridgehead atoms. The molecule has 0 radical (unpaired) electrons. The molecule has 0 amide bonds. The third-order valence-electron chi connectivity index (χ3n) is 5.95. The first-order valence-corrected chi connectivity index (χ1v) is 13.4. The minimum Gasteiger partial charge on any atom is -0.548 e. The topological polar surface area (TPSA) is 121 Å². The van der Waals surface area contributed by atoms with Crippen molar-refractivity contribution >= 4 is 57.0 Å². The zero-order valence-electron chi connectivity index (χ0n) is 20.2. The highest BCUT2D eigenvalue weighted by Crippen LogP contribution is 2.51. The first kappa shape index (κ1) is 24.9. The Morgan fingerprint density at radius 3 is 2.36 bits per heavy atom. The van der Waals surface area contributed by atoms with E-state index in [1.165, 1.54) is 23.1 Å². The highest BCUT2D eigenvalue weighted by atomic mass is 32.2. The van der Waals surface area contributed by atoms with Crippen molar-refractivity contribution in [2.24, 2.45) is 0 Å². The van der Waals surface area contributed by atoms with Crippen LogP contribution in [0.5, 0.6) is 23.0 Å². The minimum absolute atomic E-state index is 0.143. The Kier molecular flexibility index (Phi) is 6.63. The summed E-state index contributed by atoms with van der Waals surface area (Å²) in [6.45, 7) is -0.172. The normalized spacial score (nSPS) is 16.5. The number of aliphatic carboxylic acids is 2. The Labute approximate surface area is 230 Å². The van der Waals surface area contributed by atoms with Gasteiger partial charge in [-0.3, -0.25) is 0 Å². The maximum atomic E-state index is 11.5. The van der Waals surface area contributed by atoms with Crippen LogP contribution in [-0.2, 0) is 16.1 Å². The maximum Gasteiger partial charge on any atom is 0.370 e. The molecule has 12 heteroatoms. The van der Waals surface area contributed by atoms with Crippen molar-refractivity contribution in [3.05, 3.63) is 70.8 Å². The van der Waals surface area contributed by atoms with Crippen LogP contribution in [0.4, 0.5) is 5.69 Å². The first-order chi connectivity index (χ1) is 19.0. The molecule has 0 saturated carbocycles. The molecule has 1 N–H and O–H groups in total. The van der Waals surface area contributed by atoms with Crippen molar-refractivity contribution in [2.45, 2.75) is 11.4 Å². The van der Waals surface area contributed by atoms with Crippen molar-refractivity contribution in [3.8, 4) is 23.0 Å². The van der Waals surface area contributed by atoms with Crippen molar-refractivity contribution in [2.75, 3.05) is 25.0 Å². The number of thioether (sulfide) groups is 1. The molecule has 39 heavy (non-hydrogen) atoms. The summed E-state index contributed by atoms with van der Waals surface area (Å²) in [5.74, 6) is 0.332. The molecule has 0 atom stereocenters. The number of hydrogen-bond donors (Lipinski definition) is 1. The number of carbonyl (C=O) groups is 2. The summed E-state index contributed by atoms with van der Waals surface area (Å²) in [5, 5.41) is 22.3. The summed E-state index contributed by atoms with van der Waals surface area (Å²) in [7, 11) is 0. The fourth-order valence-electron chi connectivity index (χ4n) is 4.29. The zero-order valence-corrected chi connectivity index (χ0v) is 21.8. The fraction of sp³-hybridized carbons (Fsp3) is 0.148. The molecule has 0 fully saturated rings. The van der Waals surface area contributed by atoms with Gasteiger partial charge in [-0.05, 0) is 6.08 Å². The van der Waals surface area contributed by atoms with Crippen LogP contribution in [0.15, 0.2) is 70.6 Å². The number of rotatable bonds is 8. The number of aromatic nitrogens is 1. The van der Waals surface area contributed by atoms with E-state index >= 15 is 0 Å². The molecule has 0 aliphatic carbocycles. The summed E-state index contributed by atoms with van der Waals surface area (Å²) < 4.78 is 24.4. The van der Waals surface area contributed by atoms with Gasteiger partial charge in [-0.15, -0.1) is 0 Å². The molecule has 0 unspecified atom stereocenters. The average Bonchev–Trinajstić information content (AvgIpc) is 3.67. The highest BCUT2D eigenvalue weighted by Gasteiger charge is 2.29. The smallest absolute Gasteiger partial charge is 0.370 e. The zero-order chi connectivity index (χ0) is 26.9. The van der Waals surface area contributed by atoms with E-state index in [4.69, 9.17) is 18.9 Å². The van der Waals surface area contributed by atoms with Crippen molar-refractivity contribution in [3.63, 3.8) is 0 Å². The van der Waals surface area contributed by atoms with Crippen LogP contribution in [0, 0.1) is 0 Å². The number of nitrogens with zero attached hydrogens (tertiary/aromatic N) is 2. The van der Waals surface area contributed by atoms with E-state index in [2.05, 4.69) is 0 Å². The van der Waals surface area contributed by atoms with E-state index in [-0.39, 0.29) is 26.7 Å². The Balaban J connectivity index is 1.17. The predicted molar refractivity (Wildman–Crippen MR) is 142 cm³/mol. The van der Waals surface area contributed by atoms with Gasteiger partial charge >= 0.3 is 5.97 Å². The average molecular weight is 565 g/mol. The van der Waals surface area contributed by atoms with E-state index < -0.39 is 11.9 Å². The SMILES string of the molecule is O=C([O-])CN1/C(=C/C=C/C=C/C=C/c2sc3cc4c(cc3[n+]2CC(=O)O)OCO4)Sc2cc3c(cc21)OCO3. The Bertz CT molecular complexity index is 1620. The number of benzene rings is 2. The number of fused-ring (bicyclic) bond motifs is 4. The quantitative estimate of drug-likeness (QED) is 0.323. The van der Waals surface area contributed by atoms with Gasteiger partial charge in [0.05, 0.1) is 29.3 Å². The molecular formula is C27H20N2O8S2. The van der Waals surface area contributed by atoms with Gasteiger partial charge in [0.25, 0.3) is 5.01 Å². The second-order valence-electron chi connectivity index (χ2n) is 8.46. The number of allylic oxidation sites excluding steroid dienone is 6. The number of anilines is 1. The van der Waals surface area contributed by atoms with Crippen LogP contribution in [0.1, 0.15) is 5.01 Å². The number of ether oxygens (including phenoxy) is 4. The van der Waals surface area contributed by atoms with E-state index in [1.54, 1.807) is 21.6 Å². The number of thiazole rings is 1.